The van der Waals surface area contributed by atoms with Gasteiger partial charge in [0.15, 0.2) is 0 Å². The molecule has 0 saturated carbocycles. The number of rotatable bonds is 3. The van der Waals surface area contributed by atoms with Gasteiger partial charge in [0.05, 0.1) is 12.8 Å². The van der Waals surface area contributed by atoms with Crippen LogP contribution in [0.15, 0.2) is 30.3 Å². The van der Waals surface area contributed by atoms with E-state index in [9.17, 15) is 9.59 Å². The molecule has 1 atom stereocenters. The van der Waals surface area contributed by atoms with Crippen LogP contribution in [-0.2, 0) is 4.79 Å². The fourth-order valence-corrected chi connectivity index (χ4v) is 2.67. The monoisotopic (exact) mass is 350 g/mol. The van der Waals surface area contributed by atoms with Gasteiger partial charge >= 0.3 is 0 Å². The standard InChI is InChI=1S/C19H18N4O3/c1-23-9-8-13(19(23)25)7-6-12-4-3-5-14(10-12)15-11-16(26-2)22-18(21-15)17(20)24/h3-5,10-11,13H,8-9H2,1-2H3,(H2,20,24). The number of amides is 2. The Morgan fingerprint density at radius 3 is 2.81 bits per heavy atom. The van der Waals surface area contributed by atoms with Crippen molar-refractivity contribution in [2.24, 2.45) is 11.7 Å². The van der Waals surface area contributed by atoms with E-state index in [2.05, 4.69) is 21.8 Å². The molecule has 2 heterocycles. The number of primary amides is 1. The van der Waals surface area contributed by atoms with Crippen molar-refractivity contribution in [1.82, 2.24) is 14.9 Å². The number of nitrogens with zero attached hydrogens (tertiary/aromatic N) is 3. The Labute approximate surface area is 151 Å². The molecule has 1 fully saturated rings. The van der Waals surface area contributed by atoms with E-state index < -0.39 is 5.91 Å². The highest BCUT2D eigenvalue weighted by Crippen LogP contribution is 2.22. The summed E-state index contributed by atoms with van der Waals surface area (Å²) >= 11 is 0. The van der Waals surface area contributed by atoms with Gasteiger partial charge in [-0.15, -0.1) is 0 Å². The Morgan fingerprint density at radius 1 is 1.35 bits per heavy atom. The summed E-state index contributed by atoms with van der Waals surface area (Å²) in [5, 5.41) is 0. The molecule has 0 aliphatic carbocycles. The quantitative estimate of drug-likeness (QED) is 0.835. The number of likely N-dealkylation sites (tertiary alicyclic amines) is 1. The number of hydrogen-bond donors (Lipinski definition) is 1. The lowest BCUT2D eigenvalue weighted by Crippen LogP contribution is -2.21. The third kappa shape index (κ3) is 3.64. The van der Waals surface area contributed by atoms with Crippen molar-refractivity contribution >= 4 is 11.8 Å². The largest absolute Gasteiger partial charge is 0.481 e. The van der Waals surface area contributed by atoms with Crippen LogP contribution in [0, 0.1) is 17.8 Å². The highest BCUT2D eigenvalue weighted by Gasteiger charge is 2.27. The molecule has 132 valence electrons. The van der Waals surface area contributed by atoms with E-state index in [4.69, 9.17) is 10.5 Å². The molecule has 1 aliphatic heterocycles. The molecule has 2 amide bonds. The van der Waals surface area contributed by atoms with Crippen molar-refractivity contribution < 1.29 is 14.3 Å². The van der Waals surface area contributed by atoms with Crippen LogP contribution in [0.25, 0.3) is 11.3 Å². The van der Waals surface area contributed by atoms with Gasteiger partial charge in [0, 0.05) is 30.8 Å². The molecule has 1 saturated heterocycles. The maximum Gasteiger partial charge on any atom is 0.286 e. The summed E-state index contributed by atoms with van der Waals surface area (Å²) in [5.74, 6) is 5.28. The highest BCUT2D eigenvalue weighted by molar-refractivity contribution is 5.89. The van der Waals surface area contributed by atoms with E-state index in [0.717, 1.165) is 24.1 Å². The molecule has 2 N–H and O–H groups in total. The van der Waals surface area contributed by atoms with Gasteiger partial charge in [-0.2, -0.15) is 4.98 Å². The lowest BCUT2D eigenvalue weighted by Gasteiger charge is -2.06. The number of carbonyl (C=O) groups is 2. The van der Waals surface area contributed by atoms with Gasteiger partial charge in [0.1, 0.15) is 5.92 Å². The summed E-state index contributed by atoms with van der Waals surface area (Å²) in [6.07, 6.45) is 0.743. The number of methoxy groups -OCH3 is 1. The zero-order valence-electron chi connectivity index (χ0n) is 14.5. The second kappa shape index (κ2) is 7.23. The lowest BCUT2D eigenvalue weighted by molar-refractivity contribution is -0.128. The van der Waals surface area contributed by atoms with E-state index >= 15 is 0 Å². The minimum absolute atomic E-state index is 0.0558. The van der Waals surface area contributed by atoms with E-state index in [-0.39, 0.29) is 23.5 Å². The van der Waals surface area contributed by atoms with Crippen LogP contribution >= 0.6 is 0 Å². The van der Waals surface area contributed by atoms with Crippen molar-refractivity contribution in [1.29, 1.82) is 0 Å². The molecule has 1 unspecified atom stereocenters. The van der Waals surface area contributed by atoms with Crippen molar-refractivity contribution in [3.05, 3.63) is 41.7 Å². The van der Waals surface area contributed by atoms with Crippen molar-refractivity contribution in [3.63, 3.8) is 0 Å². The van der Waals surface area contributed by atoms with Crippen LogP contribution in [0.2, 0.25) is 0 Å². The highest BCUT2D eigenvalue weighted by atomic mass is 16.5. The molecule has 0 spiro atoms. The summed E-state index contributed by atoms with van der Waals surface area (Å²) in [7, 11) is 3.23. The number of ether oxygens (including phenoxy) is 1. The number of benzene rings is 1. The smallest absolute Gasteiger partial charge is 0.286 e. The first-order chi connectivity index (χ1) is 12.5. The maximum atomic E-state index is 11.9. The molecule has 0 bridgehead atoms. The molecule has 7 heteroatoms. The van der Waals surface area contributed by atoms with Crippen LogP contribution in [0.3, 0.4) is 0 Å². The van der Waals surface area contributed by atoms with E-state index in [1.807, 2.05) is 24.3 Å². The van der Waals surface area contributed by atoms with Gasteiger partial charge in [-0.1, -0.05) is 24.0 Å². The minimum atomic E-state index is -0.732. The lowest BCUT2D eigenvalue weighted by atomic mass is 10.1. The molecule has 3 rings (SSSR count). The van der Waals surface area contributed by atoms with Gasteiger partial charge < -0.3 is 15.4 Å². The maximum absolute atomic E-state index is 11.9. The topological polar surface area (TPSA) is 98.4 Å². The van der Waals surface area contributed by atoms with E-state index in [0.29, 0.717) is 5.69 Å². The average Bonchev–Trinajstić information content (AvgIpc) is 2.98. The summed E-state index contributed by atoms with van der Waals surface area (Å²) < 4.78 is 5.11. The normalized spacial score (nSPS) is 16.2. The van der Waals surface area contributed by atoms with Crippen LogP contribution < -0.4 is 10.5 Å². The molecule has 1 aromatic carbocycles. The van der Waals surface area contributed by atoms with Crippen LogP contribution in [0.1, 0.15) is 22.6 Å². The van der Waals surface area contributed by atoms with Crippen molar-refractivity contribution in [2.75, 3.05) is 20.7 Å². The summed E-state index contributed by atoms with van der Waals surface area (Å²) in [5.41, 5.74) is 7.28. The second-order valence-electron chi connectivity index (χ2n) is 5.93. The predicted octanol–water partition coefficient (Wildman–Crippen LogP) is 1.08. The van der Waals surface area contributed by atoms with Crippen LogP contribution in [-0.4, -0.2) is 47.4 Å². The van der Waals surface area contributed by atoms with Gasteiger partial charge in [-0.25, -0.2) is 4.98 Å². The third-order valence-electron chi connectivity index (χ3n) is 4.11. The summed E-state index contributed by atoms with van der Waals surface area (Å²) in [6.45, 7) is 0.731. The zero-order valence-corrected chi connectivity index (χ0v) is 14.5. The fourth-order valence-electron chi connectivity index (χ4n) is 2.67. The van der Waals surface area contributed by atoms with Crippen molar-refractivity contribution in [3.8, 4) is 29.0 Å². The molecule has 1 aromatic heterocycles. The molecule has 26 heavy (non-hydrogen) atoms. The summed E-state index contributed by atoms with van der Waals surface area (Å²) in [6, 6.07) is 8.98. The Morgan fingerprint density at radius 2 is 2.15 bits per heavy atom. The first-order valence-corrected chi connectivity index (χ1v) is 8.08. The molecule has 7 nitrogen and oxygen atoms in total. The van der Waals surface area contributed by atoms with Crippen LogP contribution in [0.5, 0.6) is 5.88 Å². The van der Waals surface area contributed by atoms with Crippen molar-refractivity contribution in [2.45, 2.75) is 6.42 Å². The summed E-state index contributed by atoms with van der Waals surface area (Å²) in [4.78, 5) is 33.1. The average molecular weight is 350 g/mol. The van der Waals surface area contributed by atoms with E-state index in [1.54, 1.807) is 18.0 Å². The minimum Gasteiger partial charge on any atom is -0.481 e. The number of aromatic nitrogens is 2. The van der Waals surface area contributed by atoms with Gasteiger partial charge in [-0.3, -0.25) is 9.59 Å². The number of hydrogen-bond acceptors (Lipinski definition) is 5. The first-order valence-electron chi connectivity index (χ1n) is 8.08. The Balaban J connectivity index is 1.92. The molecule has 2 aromatic rings. The molecular formula is C19H18N4O3. The Kier molecular flexibility index (Phi) is 4.85. The Hall–Kier alpha value is -3.40. The Bertz CT molecular complexity index is 930. The number of nitrogens with two attached hydrogens (primary N) is 1. The predicted molar refractivity (Wildman–Crippen MR) is 95.2 cm³/mol. The van der Waals surface area contributed by atoms with Gasteiger partial charge in [0.25, 0.3) is 5.91 Å². The zero-order chi connectivity index (χ0) is 18.7. The molecule has 1 aliphatic rings. The first kappa shape index (κ1) is 17.4. The SMILES string of the molecule is COc1cc(-c2cccc(C#CC3CCN(C)C3=O)c2)nc(C(N)=O)n1. The van der Waals surface area contributed by atoms with Gasteiger partial charge in [0.2, 0.25) is 17.6 Å². The molecule has 0 radical (unpaired) electrons. The van der Waals surface area contributed by atoms with E-state index in [1.165, 1.54) is 7.11 Å². The second-order valence-corrected chi connectivity index (χ2v) is 5.93. The van der Waals surface area contributed by atoms with Crippen LogP contribution in [0.4, 0.5) is 0 Å². The van der Waals surface area contributed by atoms with Gasteiger partial charge in [-0.05, 0) is 18.6 Å². The molecular weight excluding hydrogens is 332 g/mol. The number of carbonyl (C=O) groups excluding carboxylic acids is 2. The third-order valence-corrected chi connectivity index (χ3v) is 4.11. The fraction of sp³-hybridized carbons (Fsp3) is 0.263.